The Balaban J connectivity index is 3.04. The van der Waals surface area contributed by atoms with Crippen LogP contribution in [0, 0.1) is 0 Å². The second-order valence-corrected chi connectivity index (χ2v) is 5.08. The van der Waals surface area contributed by atoms with Crippen LogP contribution in [0.5, 0.6) is 0 Å². The highest BCUT2D eigenvalue weighted by atomic mass is 16.7. The molecule has 23 heavy (non-hydrogen) atoms. The van der Waals surface area contributed by atoms with E-state index in [1.165, 1.54) is 35.0 Å². The number of hydrogen-bond acceptors (Lipinski definition) is 8. The van der Waals surface area contributed by atoms with Crippen molar-refractivity contribution in [3.05, 3.63) is 0 Å². The first kappa shape index (κ1) is 19.3. The highest BCUT2D eigenvalue weighted by Gasteiger charge is 2.49. The lowest BCUT2D eigenvalue weighted by Gasteiger charge is -2.44. The summed E-state index contributed by atoms with van der Waals surface area (Å²) in [5.41, 5.74) is 0. The summed E-state index contributed by atoms with van der Waals surface area (Å²) < 4.78 is 26.5. The standard InChI is InChI=1S/C14H23NO8/c1-7(16)15-11-13(19-4)12(22-9(3)18)10(6-21-8(2)17)23-14(11)20-5/h10-14H,6H2,1-5H3,(H,15,16). The lowest BCUT2D eigenvalue weighted by molar-refractivity contribution is -0.271. The molecule has 1 amide bonds. The van der Waals surface area contributed by atoms with Gasteiger partial charge in [-0.05, 0) is 0 Å². The molecule has 132 valence electrons. The average molecular weight is 333 g/mol. The number of esters is 2. The van der Waals surface area contributed by atoms with Gasteiger partial charge in [0.25, 0.3) is 0 Å². The first-order valence-electron chi connectivity index (χ1n) is 7.08. The van der Waals surface area contributed by atoms with Crippen molar-refractivity contribution in [2.75, 3.05) is 20.8 Å². The molecule has 0 aromatic heterocycles. The molecule has 1 aliphatic heterocycles. The van der Waals surface area contributed by atoms with Gasteiger partial charge >= 0.3 is 11.9 Å². The Hall–Kier alpha value is -1.71. The van der Waals surface area contributed by atoms with E-state index < -0.39 is 42.6 Å². The molecule has 0 spiro atoms. The van der Waals surface area contributed by atoms with Gasteiger partial charge in [0.1, 0.15) is 24.9 Å². The zero-order valence-electron chi connectivity index (χ0n) is 13.9. The highest BCUT2D eigenvalue weighted by Crippen LogP contribution is 2.26. The molecule has 0 bridgehead atoms. The summed E-state index contributed by atoms with van der Waals surface area (Å²) in [6.07, 6.45) is -3.25. The molecule has 5 atom stereocenters. The van der Waals surface area contributed by atoms with E-state index in [0.29, 0.717) is 0 Å². The van der Waals surface area contributed by atoms with Crippen molar-refractivity contribution in [2.24, 2.45) is 0 Å². The maximum atomic E-state index is 11.4. The van der Waals surface area contributed by atoms with Crippen LogP contribution in [-0.4, -0.2) is 69.3 Å². The molecule has 9 nitrogen and oxygen atoms in total. The second kappa shape index (κ2) is 8.80. The van der Waals surface area contributed by atoms with Crippen LogP contribution >= 0.6 is 0 Å². The minimum Gasteiger partial charge on any atom is -0.463 e. The van der Waals surface area contributed by atoms with Crippen molar-refractivity contribution < 1.29 is 38.1 Å². The van der Waals surface area contributed by atoms with E-state index in [9.17, 15) is 14.4 Å². The normalized spacial score (nSPS) is 30.4. The molecule has 0 aromatic rings. The van der Waals surface area contributed by atoms with Crippen LogP contribution in [0.25, 0.3) is 0 Å². The molecule has 1 heterocycles. The fraction of sp³-hybridized carbons (Fsp3) is 0.786. The molecule has 5 unspecified atom stereocenters. The smallest absolute Gasteiger partial charge is 0.303 e. The fourth-order valence-corrected chi connectivity index (χ4v) is 2.44. The molecule has 1 N–H and O–H groups in total. The van der Waals surface area contributed by atoms with Gasteiger partial charge in [0, 0.05) is 35.0 Å². The number of methoxy groups -OCH3 is 2. The van der Waals surface area contributed by atoms with Crippen LogP contribution in [0.2, 0.25) is 0 Å². The van der Waals surface area contributed by atoms with Crippen molar-refractivity contribution in [1.82, 2.24) is 5.32 Å². The number of ether oxygens (including phenoxy) is 5. The third-order valence-corrected chi connectivity index (χ3v) is 3.27. The maximum absolute atomic E-state index is 11.4. The average Bonchev–Trinajstić information content (AvgIpc) is 2.45. The summed E-state index contributed by atoms with van der Waals surface area (Å²) in [7, 11) is 2.82. The van der Waals surface area contributed by atoms with Gasteiger partial charge in [0.2, 0.25) is 5.91 Å². The molecular weight excluding hydrogens is 310 g/mol. The van der Waals surface area contributed by atoms with Gasteiger partial charge < -0.3 is 29.0 Å². The molecule has 1 rings (SSSR count). The molecule has 0 aliphatic carbocycles. The SMILES string of the molecule is COC1OC(COC(C)=O)C(OC(C)=O)C(OC)C1NC(C)=O. The van der Waals surface area contributed by atoms with Crippen molar-refractivity contribution in [3.63, 3.8) is 0 Å². The van der Waals surface area contributed by atoms with E-state index in [1.54, 1.807) is 0 Å². The lowest BCUT2D eigenvalue weighted by Crippen LogP contribution is -2.66. The maximum Gasteiger partial charge on any atom is 0.303 e. The van der Waals surface area contributed by atoms with Gasteiger partial charge in [0.05, 0.1) is 0 Å². The zero-order chi connectivity index (χ0) is 17.6. The summed E-state index contributed by atoms with van der Waals surface area (Å²) in [6, 6.07) is -0.694. The Kier molecular flexibility index (Phi) is 7.40. The molecule has 1 fully saturated rings. The molecule has 1 saturated heterocycles. The first-order chi connectivity index (χ1) is 10.8. The summed E-state index contributed by atoms with van der Waals surface area (Å²) in [5.74, 6) is -1.37. The Bertz CT molecular complexity index is 440. The largest absolute Gasteiger partial charge is 0.463 e. The van der Waals surface area contributed by atoms with E-state index in [2.05, 4.69) is 5.32 Å². The summed E-state index contributed by atoms with van der Waals surface area (Å²) in [5, 5.41) is 2.66. The van der Waals surface area contributed by atoms with Crippen LogP contribution in [0.4, 0.5) is 0 Å². The lowest BCUT2D eigenvalue weighted by atomic mass is 9.96. The first-order valence-corrected chi connectivity index (χ1v) is 7.08. The quantitative estimate of drug-likeness (QED) is 0.640. The van der Waals surface area contributed by atoms with E-state index in [4.69, 9.17) is 23.7 Å². The van der Waals surface area contributed by atoms with Crippen LogP contribution in [0.15, 0.2) is 0 Å². The predicted octanol–water partition coefficient (Wildman–Crippen LogP) is -0.628. The number of hydrogen-bond donors (Lipinski definition) is 1. The van der Waals surface area contributed by atoms with Gasteiger partial charge in [-0.1, -0.05) is 0 Å². The molecule has 0 saturated carbocycles. The van der Waals surface area contributed by atoms with E-state index in [0.717, 1.165) is 0 Å². The van der Waals surface area contributed by atoms with Crippen LogP contribution < -0.4 is 5.32 Å². The topological polar surface area (TPSA) is 109 Å². The van der Waals surface area contributed by atoms with E-state index >= 15 is 0 Å². The van der Waals surface area contributed by atoms with E-state index in [1.807, 2.05) is 0 Å². The van der Waals surface area contributed by atoms with Gasteiger partial charge in [-0.2, -0.15) is 0 Å². The minimum absolute atomic E-state index is 0.139. The van der Waals surface area contributed by atoms with Gasteiger partial charge in [-0.3, -0.25) is 14.4 Å². The van der Waals surface area contributed by atoms with Gasteiger partial charge in [-0.15, -0.1) is 0 Å². The molecule has 1 aliphatic rings. The van der Waals surface area contributed by atoms with Crippen LogP contribution in [0.1, 0.15) is 20.8 Å². The van der Waals surface area contributed by atoms with Crippen molar-refractivity contribution >= 4 is 17.8 Å². The monoisotopic (exact) mass is 333 g/mol. The Labute approximate surface area is 134 Å². The Morgan fingerprint density at radius 2 is 1.65 bits per heavy atom. The molecule has 0 radical (unpaired) electrons. The number of nitrogens with one attached hydrogen (secondary N) is 1. The highest BCUT2D eigenvalue weighted by molar-refractivity contribution is 5.73. The number of rotatable bonds is 6. The minimum atomic E-state index is -0.875. The van der Waals surface area contributed by atoms with Crippen LogP contribution in [0.3, 0.4) is 0 Å². The third kappa shape index (κ3) is 5.45. The molecule has 0 aromatic carbocycles. The number of carbonyl (C=O) groups is 3. The van der Waals surface area contributed by atoms with Gasteiger partial charge in [-0.25, -0.2) is 0 Å². The Morgan fingerprint density at radius 3 is 2.09 bits per heavy atom. The summed E-state index contributed by atoms with van der Waals surface area (Å²) in [4.78, 5) is 33.8. The van der Waals surface area contributed by atoms with Crippen molar-refractivity contribution in [3.8, 4) is 0 Å². The Morgan fingerprint density at radius 1 is 1.00 bits per heavy atom. The fourth-order valence-electron chi connectivity index (χ4n) is 2.44. The number of carbonyl (C=O) groups excluding carboxylic acids is 3. The predicted molar refractivity (Wildman–Crippen MR) is 76.3 cm³/mol. The third-order valence-electron chi connectivity index (χ3n) is 3.27. The molecular formula is C14H23NO8. The van der Waals surface area contributed by atoms with Gasteiger partial charge in [0.15, 0.2) is 12.4 Å². The van der Waals surface area contributed by atoms with E-state index in [-0.39, 0.29) is 12.5 Å². The zero-order valence-corrected chi connectivity index (χ0v) is 13.9. The summed E-state index contributed by atoms with van der Waals surface area (Å²) in [6.45, 7) is 3.70. The summed E-state index contributed by atoms with van der Waals surface area (Å²) >= 11 is 0. The van der Waals surface area contributed by atoms with Crippen molar-refractivity contribution in [2.45, 2.75) is 51.4 Å². The second-order valence-electron chi connectivity index (χ2n) is 5.08. The number of amides is 1. The molecule has 9 heteroatoms. The van der Waals surface area contributed by atoms with Crippen LogP contribution in [-0.2, 0) is 38.1 Å². The van der Waals surface area contributed by atoms with Crippen molar-refractivity contribution in [1.29, 1.82) is 0 Å².